The summed E-state index contributed by atoms with van der Waals surface area (Å²) in [6.07, 6.45) is 1.12. The number of aromatic hydroxyl groups is 1. The minimum absolute atomic E-state index is 0.128. The summed E-state index contributed by atoms with van der Waals surface area (Å²) in [4.78, 5) is 36.5. The number of hydrogen-bond acceptors (Lipinski definition) is 5. The second-order valence-electron chi connectivity index (χ2n) is 7.86. The highest BCUT2D eigenvalue weighted by atomic mass is 16.3. The first-order valence-corrected chi connectivity index (χ1v) is 10.6. The number of amides is 3. The van der Waals surface area contributed by atoms with Crippen molar-refractivity contribution in [3.8, 4) is 5.75 Å². The summed E-state index contributed by atoms with van der Waals surface area (Å²) in [5.74, 6) is -0.773. The lowest BCUT2D eigenvalue weighted by atomic mass is 9.96. The van der Waals surface area contributed by atoms with Crippen molar-refractivity contribution in [3.63, 3.8) is 0 Å². The molecule has 0 bridgehead atoms. The molecule has 0 aliphatic heterocycles. The summed E-state index contributed by atoms with van der Waals surface area (Å²) in [5.41, 5.74) is 12.3. The number of phenols is 1. The molecule has 2 aromatic carbocycles. The maximum Gasteiger partial charge on any atom is 0.241 e. The van der Waals surface area contributed by atoms with Crippen molar-refractivity contribution in [1.82, 2.24) is 15.8 Å². The molecule has 2 rings (SSSR count). The van der Waals surface area contributed by atoms with Crippen LogP contribution in [-0.2, 0) is 27.2 Å². The molecule has 0 heterocycles. The van der Waals surface area contributed by atoms with Gasteiger partial charge in [-0.2, -0.15) is 0 Å². The van der Waals surface area contributed by atoms with Crippen molar-refractivity contribution in [2.45, 2.75) is 46.1 Å². The van der Waals surface area contributed by atoms with Gasteiger partial charge in [-0.25, -0.2) is 0 Å². The molecule has 0 fully saturated rings. The van der Waals surface area contributed by atoms with Crippen molar-refractivity contribution >= 4 is 17.7 Å². The highest BCUT2D eigenvalue weighted by molar-refractivity contribution is 5.82. The Hall–Kier alpha value is -3.39. The SMILES string of the molecule is CC(=O)NN(CCNC(=O)[C@@H](N)Cc1c(C)cc(O)cc1C)C(=O)CCc1ccccc1. The lowest BCUT2D eigenvalue weighted by molar-refractivity contribution is -0.140. The predicted molar refractivity (Wildman–Crippen MR) is 123 cm³/mol. The molecule has 0 aromatic heterocycles. The van der Waals surface area contributed by atoms with Gasteiger partial charge in [0.1, 0.15) is 5.75 Å². The molecule has 8 nitrogen and oxygen atoms in total. The van der Waals surface area contributed by atoms with Crippen molar-refractivity contribution in [1.29, 1.82) is 0 Å². The summed E-state index contributed by atoms with van der Waals surface area (Å²) in [6.45, 7) is 5.33. The van der Waals surface area contributed by atoms with E-state index in [1.54, 1.807) is 12.1 Å². The second kappa shape index (κ2) is 11.9. The van der Waals surface area contributed by atoms with Crippen molar-refractivity contribution in [2.24, 2.45) is 5.73 Å². The molecule has 0 saturated carbocycles. The molecule has 0 radical (unpaired) electrons. The molecule has 1 atom stereocenters. The van der Waals surface area contributed by atoms with Crippen molar-refractivity contribution in [2.75, 3.05) is 13.1 Å². The third-order valence-corrected chi connectivity index (χ3v) is 5.14. The Labute approximate surface area is 188 Å². The molecule has 0 aliphatic carbocycles. The van der Waals surface area contributed by atoms with E-state index in [2.05, 4.69) is 10.7 Å². The molecule has 0 unspecified atom stereocenters. The Morgan fingerprint density at radius 3 is 2.31 bits per heavy atom. The number of rotatable bonds is 9. The number of nitrogens with two attached hydrogens (primary N) is 1. The molecule has 5 N–H and O–H groups in total. The van der Waals surface area contributed by atoms with E-state index in [1.807, 2.05) is 44.2 Å². The van der Waals surface area contributed by atoms with Crippen molar-refractivity contribution < 1.29 is 19.5 Å². The van der Waals surface area contributed by atoms with Crippen LogP contribution in [-0.4, -0.2) is 47.0 Å². The molecule has 2 aromatic rings. The lowest BCUT2D eigenvalue weighted by Crippen LogP contribution is -2.50. The third kappa shape index (κ3) is 7.70. The van der Waals surface area contributed by atoms with Crippen LogP contribution in [0.3, 0.4) is 0 Å². The number of nitrogens with zero attached hydrogens (tertiary/aromatic N) is 1. The average Bonchev–Trinajstić information content (AvgIpc) is 2.74. The average molecular weight is 441 g/mol. The Morgan fingerprint density at radius 1 is 1.09 bits per heavy atom. The van der Waals surface area contributed by atoms with Gasteiger partial charge in [0.2, 0.25) is 17.7 Å². The van der Waals surface area contributed by atoms with E-state index in [4.69, 9.17) is 5.73 Å². The molecule has 8 heteroatoms. The topological polar surface area (TPSA) is 125 Å². The Morgan fingerprint density at radius 2 is 1.72 bits per heavy atom. The van der Waals surface area contributed by atoms with E-state index in [9.17, 15) is 19.5 Å². The Balaban J connectivity index is 1.87. The predicted octanol–water partition coefficient (Wildman–Crippen LogP) is 1.51. The first-order chi connectivity index (χ1) is 15.2. The van der Waals surface area contributed by atoms with E-state index in [1.165, 1.54) is 11.9 Å². The monoisotopic (exact) mass is 440 g/mol. The number of benzene rings is 2. The fourth-order valence-electron chi connectivity index (χ4n) is 3.49. The Kier molecular flexibility index (Phi) is 9.22. The smallest absolute Gasteiger partial charge is 0.241 e. The summed E-state index contributed by atoms with van der Waals surface area (Å²) < 4.78 is 0. The summed E-state index contributed by atoms with van der Waals surface area (Å²) in [7, 11) is 0. The Bertz CT molecular complexity index is 923. The van der Waals surface area contributed by atoms with Gasteiger partial charge in [-0.1, -0.05) is 30.3 Å². The van der Waals surface area contributed by atoms with Crippen LogP contribution in [0.5, 0.6) is 5.75 Å². The van der Waals surface area contributed by atoms with Crippen LogP contribution in [0.25, 0.3) is 0 Å². The van der Waals surface area contributed by atoms with Gasteiger partial charge in [0, 0.05) is 19.9 Å². The van der Waals surface area contributed by atoms with Crippen LogP contribution >= 0.6 is 0 Å². The van der Waals surface area contributed by atoms with Gasteiger partial charge in [-0.3, -0.25) is 24.8 Å². The van der Waals surface area contributed by atoms with Crippen molar-refractivity contribution in [3.05, 3.63) is 64.7 Å². The third-order valence-electron chi connectivity index (χ3n) is 5.14. The quantitative estimate of drug-likeness (QED) is 0.440. The minimum Gasteiger partial charge on any atom is -0.508 e. The fourth-order valence-corrected chi connectivity index (χ4v) is 3.49. The summed E-state index contributed by atoms with van der Waals surface area (Å²) >= 11 is 0. The zero-order chi connectivity index (χ0) is 23.7. The largest absolute Gasteiger partial charge is 0.508 e. The summed E-state index contributed by atoms with van der Waals surface area (Å²) in [6, 6.07) is 12.1. The van der Waals surface area contributed by atoms with Gasteiger partial charge in [0.15, 0.2) is 0 Å². The maximum absolute atomic E-state index is 12.6. The molecule has 32 heavy (non-hydrogen) atoms. The summed E-state index contributed by atoms with van der Waals surface area (Å²) in [5, 5.41) is 13.6. The van der Waals surface area contributed by atoms with E-state index < -0.39 is 6.04 Å². The van der Waals surface area contributed by atoms with E-state index in [0.717, 1.165) is 22.3 Å². The molecule has 172 valence electrons. The van der Waals surface area contributed by atoms with E-state index in [-0.39, 0.29) is 43.0 Å². The molecule has 3 amide bonds. The highest BCUT2D eigenvalue weighted by Crippen LogP contribution is 2.21. The van der Waals surface area contributed by atoms with Crippen LogP contribution in [0.2, 0.25) is 0 Å². The van der Waals surface area contributed by atoms with Gasteiger partial charge < -0.3 is 16.2 Å². The molecule has 0 aliphatic rings. The van der Waals surface area contributed by atoms with Gasteiger partial charge >= 0.3 is 0 Å². The first-order valence-electron chi connectivity index (χ1n) is 10.6. The molecule has 0 spiro atoms. The van der Waals surface area contributed by atoms with Gasteiger partial charge in [0.25, 0.3) is 0 Å². The highest BCUT2D eigenvalue weighted by Gasteiger charge is 2.19. The van der Waals surface area contributed by atoms with Gasteiger partial charge in [0.05, 0.1) is 12.6 Å². The zero-order valence-corrected chi connectivity index (χ0v) is 18.9. The number of phenolic OH excluding ortho intramolecular Hbond substituents is 1. The van der Waals surface area contributed by atoms with Crippen LogP contribution < -0.4 is 16.5 Å². The number of carbonyl (C=O) groups excluding carboxylic acids is 3. The number of hydrogen-bond donors (Lipinski definition) is 4. The number of nitrogens with one attached hydrogen (secondary N) is 2. The number of hydrazine groups is 1. The van der Waals surface area contributed by atoms with Crippen LogP contribution in [0.1, 0.15) is 35.6 Å². The number of carbonyl (C=O) groups is 3. The van der Waals surface area contributed by atoms with Gasteiger partial charge in [-0.15, -0.1) is 0 Å². The zero-order valence-electron chi connectivity index (χ0n) is 18.9. The van der Waals surface area contributed by atoms with Crippen LogP contribution in [0, 0.1) is 13.8 Å². The van der Waals surface area contributed by atoms with Gasteiger partial charge in [-0.05, 0) is 61.1 Å². The molecular formula is C24H32N4O4. The maximum atomic E-state index is 12.6. The van der Waals surface area contributed by atoms with Crippen LogP contribution in [0.4, 0.5) is 0 Å². The normalized spacial score (nSPS) is 11.5. The lowest BCUT2D eigenvalue weighted by Gasteiger charge is -2.23. The number of aryl methyl sites for hydroxylation is 3. The van der Waals surface area contributed by atoms with E-state index >= 15 is 0 Å². The molecule has 0 saturated heterocycles. The fraction of sp³-hybridized carbons (Fsp3) is 0.375. The molecular weight excluding hydrogens is 408 g/mol. The standard InChI is InChI=1S/C24H32N4O4/c1-16-13-20(30)14-17(2)21(16)15-22(25)24(32)26-11-12-28(27-18(3)29)23(31)10-9-19-7-5-4-6-8-19/h4-8,13-14,22,30H,9-12,15,25H2,1-3H3,(H,26,32)(H,27,29)/t22-/m0/s1. The second-order valence-corrected chi connectivity index (χ2v) is 7.86. The minimum atomic E-state index is -0.778. The van der Waals surface area contributed by atoms with E-state index in [0.29, 0.717) is 12.8 Å². The first kappa shape index (κ1) is 24.9. The van der Waals surface area contributed by atoms with Crippen LogP contribution in [0.15, 0.2) is 42.5 Å².